The minimum Gasteiger partial charge on any atom is -0.370 e. The van der Waals surface area contributed by atoms with Crippen molar-refractivity contribution in [2.75, 3.05) is 17.2 Å². The van der Waals surface area contributed by atoms with Gasteiger partial charge >= 0.3 is 5.69 Å². The number of nitrogens with one attached hydrogen (secondary N) is 2. The molecule has 0 aliphatic heterocycles. The summed E-state index contributed by atoms with van der Waals surface area (Å²) < 4.78 is 0. The molecule has 104 valence electrons. The average molecular weight is 268 g/mol. The largest absolute Gasteiger partial charge is 0.370 e. The van der Waals surface area contributed by atoms with Gasteiger partial charge in [0, 0.05) is 19.0 Å². The standard InChI is InChI=1S/C10H16N6O3/c1-3-12-10-13-5-7(16(18)19)9(15-10)14-6(2)4-8(11)17/h5-6H,3-4H2,1-2H3,(H2,11,17)(H2,12,13,14,15). The molecule has 1 heterocycles. The molecule has 19 heavy (non-hydrogen) atoms. The van der Waals surface area contributed by atoms with Gasteiger partial charge in [0.1, 0.15) is 6.20 Å². The van der Waals surface area contributed by atoms with Crippen molar-refractivity contribution in [3.63, 3.8) is 0 Å². The van der Waals surface area contributed by atoms with Crippen LogP contribution in [0.1, 0.15) is 20.3 Å². The van der Waals surface area contributed by atoms with E-state index in [2.05, 4.69) is 20.6 Å². The summed E-state index contributed by atoms with van der Waals surface area (Å²) in [5.41, 5.74) is 4.81. The molecule has 1 unspecified atom stereocenters. The van der Waals surface area contributed by atoms with Gasteiger partial charge in [0.25, 0.3) is 0 Å². The normalized spacial score (nSPS) is 11.7. The third kappa shape index (κ3) is 4.37. The molecule has 9 heteroatoms. The van der Waals surface area contributed by atoms with Gasteiger partial charge in [-0.15, -0.1) is 0 Å². The second-order valence-corrected chi connectivity index (χ2v) is 3.93. The number of nitrogens with zero attached hydrogens (tertiary/aromatic N) is 3. The van der Waals surface area contributed by atoms with Gasteiger partial charge in [-0.3, -0.25) is 14.9 Å². The predicted octanol–water partition coefficient (Wildman–Crippen LogP) is 0.492. The molecule has 0 aliphatic rings. The highest BCUT2D eigenvalue weighted by Gasteiger charge is 2.19. The van der Waals surface area contributed by atoms with Gasteiger partial charge in [0.15, 0.2) is 0 Å². The van der Waals surface area contributed by atoms with Gasteiger partial charge in [0.2, 0.25) is 17.7 Å². The number of rotatable bonds is 7. The van der Waals surface area contributed by atoms with Gasteiger partial charge in [0.05, 0.1) is 4.92 Å². The van der Waals surface area contributed by atoms with E-state index >= 15 is 0 Å². The molecule has 1 atom stereocenters. The summed E-state index contributed by atoms with van der Waals surface area (Å²) in [6.45, 7) is 4.13. The number of aromatic nitrogens is 2. The molecule has 4 N–H and O–H groups in total. The van der Waals surface area contributed by atoms with E-state index in [0.717, 1.165) is 6.20 Å². The number of amides is 1. The summed E-state index contributed by atoms with van der Waals surface area (Å²) in [4.78, 5) is 28.9. The number of carbonyl (C=O) groups is 1. The van der Waals surface area contributed by atoms with Crippen LogP contribution >= 0.6 is 0 Å². The van der Waals surface area contributed by atoms with Gasteiger partial charge in [-0.1, -0.05) is 0 Å². The van der Waals surface area contributed by atoms with Crippen molar-refractivity contribution < 1.29 is 9.72 Å². The second-order valence-electron chi connectivity index (χ2n) is 3.93. The van der Waals surface area contributed by atoms with Crippen LogP contribution < -0.4 is 16.4 Å². The molecule has 0 saturated heterocycles. The molecule has 1 aromatic heterocycles. The van der Waals surface area contributed by atoms with Crippen LogP contribution in [-0.2, 0) is 4.79 Å². The zero-order valence-electron chi connectivity index (χ0n) is 10.7. The van der Waals surface area contributed by atoms with Gasteiger partial charge in [-0.2, -0.15) is 4.98 Å². The van der Waals surface area contributed by atoms with E-state index in [1.54, 1.807) is 6.92 Å². The van der Waals surface area contributed by atoms with Crippen LogP contribution in [-0.4, -0.2) is 33.4 Å². The van der Waals surface area contributed by atoms with Gasteiger partial charge < -0.3 is 16.4 Å². The topological polar surface area (TPSA) is 136 Å². The molecule has 1 amide bonds. The molecule has 0 fully saturated rings. The Kier molecular flexibility index (Phi) is 4.98. The van der Waals surface area contributed by atoms with E-state index in [4.69, 9.17) is 5.73 Å². The Hall–Kier alpha value is -2.45. The Morgan fingerprint density at radius 2 is 2.32 bits per heavy atom. The molecular formula is C10H16N6O3. The van der Waals surface area contributed by atoms with Crippen molar-refractivity contribution in [3.8, 4) is 0 Å². The smallest absolute Gasteiger partial charge is 0.329 e. The Labute approximate surface area is 109 Å². The zero-order valence-corrected chi connectivity index (χ0v) is 10.7. The number of carbonyl (C=O) groups excluding carboxylic acids is 1. The van der Waals surface area contributed by atoms with E-state index in [9.17, 15) is 14.9 Å². The van der Waals surface area contributed by atoms with Crippen molar-refractivity contribution in [1.29, 1.82) is 0 Å². The van der Waals surface area contributed by atoms with Gasteiger partial charge in [-0.25, -0.2) is 4.98 Å². The molecule has 0 spiro atoms. The average Bonchev–Trinajstić information content (AvgIpc) is 2.27. The van der Waals surface area contributed by atoms with Crippen LogP contribution in [0.15, 0.2) is 6.20 Å². The minimum absolute atomic E-state index is 0.0533. The fourth-order valence-electron chi connectivity index (χ4n) is 1.44. The first-order valence-electron chi connectivity index (χ1n) is 5.74. The van der Waals surface area contributed by atoms with Crippen LogP contribution in [0.3, 0.4) is 0 Å². The Bertz CT molecular complexity index is 478. The molecule has 9 nitrogen and oxygen atoms in total. The quantitative estimate of drug-likeness (QED) is 0.483. The monoisotopic (exact) mass is 268 g/mol. The summed E-state index contributed by atoms with van der Waals surface area (Å²) >= 11 is 0. The molecule has 0 aromatic carbocycles. The summed E-state index contributed by atoms with van der Waals surface area (Å²) in [6.07, 6.45) is 1.17. The Balaban J connectivity index is 2.96. The molecule has 0 bridgehead atoms. The molecule has 0 radical (unpaired) electrons. The molecular weight excluding hydrogens is 252 g/mol. The SMILES string of the molecule is CCNc1ncc([N+](=O)[O-])c(NC(C)CC(N)=O)n1. The van der Waals surface area contributed by atoms with Crippen LogP contribution in [0.25, 0.3) is 0 Å². The van der Waals surface area contributed by atoms with Gasteiger partial charge in [-0.05, 0) is 13.8 Å². The lowest BCUT2D eigenvalue weighted by molar-refractivity contribution is -0.384. The summed E-state index contributed by atoms with van der Waals surface area (Å²) in [7, 11) is 0. The van der Waals surface area contributed by atoms with E-state index in [1.165, 1.54) is 0 Å². The highest BCUT2D eigenvalue weighted by molar-refractivity contribution is 5.75. The van der Waals surface area contributed by atoms with Crippen molar-refractivity contribution in [3.05, 3.63) is 16.3 Å². The molecule has 0 aliphatic carbocycles. The zero-order chi connectivity index (χ0) is 14.4. The number of primary amides is 1. The lowest BCUT2D eigenvalue weighted by Crippen LogP contribution is -2.25. The number of hydrogen-bond acceptors (Lipinski definition) is 7. The number of anilines is 2. The molecule has 1 aromatic rings. The molecule has 0 saturated carbocycles. The summed E-state index contributed by atoms with van der Waals surface area (Å²) in [5.74, 6) is -0.157. The molecule has 1 rings (SSSR count). The first kappa shape index (κ1) is 14.6. The van der Waals surface area contributed by atoms with Crippen molar-refractivity contribution in [2.24, 2.45) is 5.73 Å². The first-order valence-corrected chi connectivity index (χ1v) is 5.74. The van der Waals surface area contributed by atoms with E-state index in [1.807, 2.05) is 6.92 Å². The fourth-order valence-corrected chi connectivity index (χ4v) is 1.44. The number of nitro groups is 1. The Morgan fingerprint density at radius 3 is 2.84 bits per heavy atom. The lowest BCUT2D eigenvalue weighted by Gasteiger charge is -2.13. The van der Waals surface area contributed by atoms with Crippen LogP contribution in [0.2, 0.25) is 0 Å². The number of nitrogens with two attached hydrogens (primary N) is 1. The van der Waals surface area contributed by atoms with Crippen LogP contribution in [0.4, 0.5) is 17.5 Å². The summed E-state index contributed by atoms with van der Waals surface area (Å²) in [5, 5.41) is 16.5. The van der Waals surface area contributed by atoms with E-state index < -0.39 is 10.8 Å². The van der Waals surface area contributed by atoms with Crippen molar-refractivity contribution in [1.82, 2.24) is 9.97 Å². The van der Waals surface area contributed by atoms with Crippen molar-refractivity contribution in [2.45, 2.75) is 26.3 Å². The van der Waals surface area contributed by atoms with Crippen LogP contribution in [0.5, 0.6) is 0 Å². The highest BCUT2D eigenvalue weighted by Crippen LogP contribution is 2.22. The van der Waals surface area contributed by atoms with Crippen LogP contribution in [0, 0.1) is 10.1 Å². The maximum absolute atomic E-state index is 10.9. The highest BCUT2D eigenvalue weighted by atomic mass is 16.6. The maximum atomic E-state index is 10.9. The summed E-state index contributed by atoms with van der Waals surface area (Å²) in [6, 6.07) is -0.361. The fraction of sp³-hybridized carbons (Fsp3) is 0.500. The third-order valence-electron chi connectivity index (χ3n) is 2.19. The second kappa shape index (κ2) is 6.47. The lowest BCUT2D eigenvalue weighted by atomic mass is 10.2. The minimum atomic E-state index is -0.588. The van der Waals surface area contributed by atoms with Crippen molar-refractivity contribution >= 4 is 23.4 Å². The first-order chi connectivity index (χ1) is 8.93. The van der Waals surface area contributed by atoms with E-state index in [0.29, 0.717) is 6.54 Å². The predicted molar refractivity (Wildman–Crippen MR) is 69.7 cm³/mol. The Morgan fingerprint density at radius 1 is 1.63 bits per heavy atom. The van der Waals surface area contributed by atoms with E-state index in [-0.39, 0.29) is 29.9 Å². The number of hydrogen-bond donors (Lipinski definition) is 3. The maximum Gasteiger partial charge on any atom is 0.329 e. The third-order valence-corrected chi connectivity index (χ3v) is 2.19.